The van der Waals surface area contributed by atoms with Crippen molar-refractivity contribution in [2.45, 2.75) is 56.7 Å². The zero-order valence-corrected chi connectivity index (χ0v) is 27.7. The summed E-state index contributed by atoms with van der Waals surface area (Å²) in [7, 11) is 4.05. The van der Waals surface area contributed by atoms with Gasteiger partial charge in [-0.3, -0.25) is 9.98 Å². The molecule has 3 fully saturated rings. The molecule has 0 bridgehead atoms. The van der Waals surface area contributed by atoms with E-state index < -0.39 is 29.3 Å². The largest absolute Gasteiger partial charge is 0.463 e. The Hall–Kier alpha value is -3.93. The lowest BCUT2D eigenvalue weighted by atomic mass is 9.75. The van der Waals surface area contributed by atoms with E-state index in [1.807, 2.05) is 20.2 Å². The van der Waals surface area contributed by atoms with Gasteiger partial charge in [0.25, 0.3) is 0 Å². The molecule has 4 heterocycles. The summed E-state index contributed by atoms with van der Waals surface area (Å²) >= 11 is 0.828. The SMILES string of the molecule is C=Nc1sc2c(F)cc(F)c(-c3ncc4c(NCC5(N(C)C)CCC5)nc(OCC5(CN6CCC(F)CC6)CC5)nc4c3F)c2c1C#N. The van der Waals surface area contributed by atoms with Crippen LogP contribution in [-0.2, 0) is 0 Å². The minimum Gasteiger partial charge on any atom is -0.463 e. The topological polar surface area (TPSA) is 103 Å². The molecule has 14 heteroatoms. The number of nitrogens with zero attached hydrogens (tertiary/aromatic N) is 7. The van der Waals surface area contributed by atoms with Gasteiger partial charge in [-0.1, -0.05) is 0 Å². The van der Waals surface area contributed by atoms with Crippen LogP contribution in [0.2, 0.25) is 0 Å². The molecule has 1 aliphatic heterocycles. The number of benzene rings is 1. The van der Waals surface area contributed by atoms with E-state index in [2.05, 4.69) is 41.8 Å². The van der Waals surface area contributed by atoms with Crippen LogP contribution in [-0.4, -0.2) is 90.1 Å². The molecule has 0 unspecified atom stereocenters. The average molecular weight is 681 g/mol. The van der Waals surface area contributed by atoms with Crippen LogP contribution in [0, 0.1) is 34.2 Å². The molecule has 1 N–H and O–H groups in total. The van der Waals surface area contributed by atoms with Crippen LogP contribution in [0.4, 0.5) is 28.4 Å². The van der Waals surface area contributed by atoms with Gasteiger partial charge in [0, 0.05) is 60.3 Å². The van der Waals surface area contributed by atoms with Crippen molar-refractivity contribution in [1.29, 1.82) is 5.26 Å². The highest BCUT2D eigenvalue weighted by molar-refractivity contribution is 7.23. The van der Waals surface area contributed by atoms with Crippen LogP contribution < -0.4 is 10.1 Å². The predicted molar refractivity (Wildman–Crippen MR) is 178 cm³/mol. The molecule has 3 aromatic heterocycles. The molecule has 7 rings (SSSR count). The van der Waals surface area contributed by atoms with E-state index in [-0.39, 0.29) is 54.1 Å². The number of likely N-dealkylation sites (N-methyl/N-ethyl adjacent to an activating group) is 1. The number of aliphatic imine (C=N–C) groups is 1. The van der Waals surface area contributed by atoms with Crippen LogP contribution in [0.3, 0.4) is 0 Å². The van der Waals surface area contributed by atoms with Crippen molar-refractivity contribution in [3.8, 4) is 23.3 Å². The number of nitriles is 1. The van der Waals surface area contributed by atoms with Crippen LogP contribution in [0.5, 0.6) is 6.01 Å². The summed E-state index contributed by atoms with van der Waals surface area (Å²) < 4.78 is 67.0. The summed E-state index contributed by atoms with van der Waals surface area (Å²) in [6.07, 6.45) is 6.61. The fourth-order valence-electron chi connectivity index (χ4n) is 6.94. The third-order valence-corrected chi connectivity index (χ3v) is 11.5. The van der Waals surface area contributed by atoms with Gasteiger partial charge in [-0.25, -0.2) is 17.6 Å². The number of alkyl halides is 1. The average Bonchev–Trinajstić information content (AvgIpc) is 3.70. The van der Waals surface area contributed by atoms with Gasteiger partial charge >= 0.3 is 6.01 Å². The summed E-state index contributed by atoms with van der Waals surface area (Å²) in [4.78, 5) is 21.7. The maximum Gasteiger partial charge on any atom is 0.319 e. The van der Waals surface area contributed by atoms with Gasteiger partial charge in [0.2, 0.25) is 0 Å². The second kappa shape index (κ2) is 12.5. The van der Waals surface area contributed by atoms with Gasteiger partial charge < -0.3 is 19.9 Å². The number of piperidine rings is 1. The Bertz CT molecular complexity index is 1940. The Labute approximate surface area is 279 Å². The molecule has 48 heavy (non-hydrogen) atoms. The smallest absolute Gasteiger partial charge is 0.319 e. The summed E-state index contributed by atoms with van der Waals surface area (Å²) in [6.45, 7) is 6.46. The van der Waals surface area contributed by atoms with E-state index in [1.54, 1.807) is 0 Å². The Morgan fingerprint density at radius 2 is 1.92 bits per heavy atom. The van der Waals surface area contributed by atoms with E-state index in [9.17, 15) is 14.0 Å². The molecule has 1 aromatic carbocycles. The van der Waals surface area contributed by atoms with Crippen molar-refractivity contribution >= 4 is 49.9 Å². The van der Waals surface area contributed by atoms with E-state index in [0.717, 1.165) is 50.0 Å². The molecule has 0 spiro atoms. The van der Waals surface area contributed by atoms with Crippen LogP contribution in [0.15, 0.2) is 17.3 Å². The number of nitrogens with one attached hydrogen (secondary N) is 1. The number of hydrogen-bond donors (Lipinski definition) is 1. The van der Waals surface area contributed by atoms with Gasteiger partial charge in [0.05, 0.1) is 22.3 Å². The molecule has 0 amide bonds. The summed E-state index contributed by atoms with van der Waals surface area (Å²) in [6, 6.07) is 2.55. The summed E-state index contributed by atoms with van der Waals surface area (Å²) in [5.41, 5.74) is -1.27. The monoisotopic (exact) mass is 680 g/mol. The first-order valence-corrected chi connectivity index (χ1v) is 17.0. The quantitative estimate of drug-likeness (QED) is 0.133. The Morgan fingerprint density at radius 1 is 1.17 bits per heavy atom. The standard InChI is InChI=1S/C34H36F4N8OS/c1-40-31-20(14-39)24-25(22(36)13-23(37)29(24)48-31)28-26(38)27-21(15-41-28)30(42-16-34(45(2)3)7-4-8-34)44-32(43-27)47-18-33(9-10-33)17-46-11-5-19(35)6-12-46/h13,15,19H,1,4-12,16-18H2,2-3H3,(H,42,43,44). The van der Waals surface area contributed by atoms with Crippen molar-refractivity contribution < 1.29 is 22.3 Å². The number of thiophene rings is 1. The third kappa shape index (κ3) is 5.75. The highest BCUT2D eigenvalue weighted by Crippen LogP contribution is 2.48. The van der Waals surface area contributed by atoms with E-state index in [4.69, 9.17) is 4.74 Å². The lowest BCUT2D eigenvalue weighted by molar-refractivity contribution is 0.0738. The predicted octanol–water partition coefficient (Wildman–Crippen LogP) is 7.02. The molecule has 0 atom stereocenters. The summed E-state index contributed by atoms with van der Waals surface area (Å²) in [5.74, 6) is -2.61. The van der Waals surface area contributed by atoms with Gasteiger partial charge in [-0.15, -0.1) is 11.3 Å². The molecule has 9 nitrogen and oxygen atoms in total. The second-order valence-electron chi connectivity index (χ2n) is 13.6. The van der Waals surface area contributed by atoms with Crippen LogP contribution in [0.1, 0.15) is 50.5 Å². The lowest BCUT2D eigenvalue weighted by Crippen LogP contribution is -2.54. The zero-order chi connectivity index (χ0) is 33.8. The maximum absolute atomic E-state index is 16.7. The van der Waals surface area contributed by atoms with Crippen LogP contribution in [0.25, 0.3) is 32.2 Å². The fourth-order valence-corrected chi connectivity index (χ4v) is 7.91. The number of halogens is 4. The number of likely N-dealkylation sites (tertiary alicyclic amines) is 1. The lowest BCUT2D eigenvalue weighted by Gasteiger charge is -2.47. The molecule has 1 saturated heterocycles. The summed E-state index contributed by atoms with van der Waals surface area (Å²) in [5, 5.41) is 13.5. The number of fused-ring (bicyclic) bond motifs is 2. The van der Waals surface area contributed by atoms with Crippen LogP contribution >= 0.6 is 11.3 Å². The van der Waals surface area contributed by atoms with Crippen molar-refractivity contribution in [1.82, 2.24) is 24.8 Å². The Kier molecular flexibility index (Phi) is 8.50. The number of pyridine rings is 1. The Balaban J connectivity index is 1.29. The highest BCUT2D eigenvalue weighted by Gasteiger charge is 2.45. The first-order chi connectivity index (χ1) is 23.1. The number of hydrogen-bond acceptors (Lipinski definition) is 10. The molecular formula is C34H36F4N8OS. The van der Waals surface area contributed by atoms with Gasteiger partial charge in [0.1, 0.15) is 45.9 Å². The van der Waals surface area contributed by atoms with E-state index in [1.165, 1.54) is 6.20 Å². The fraction of sp³-hybridized carbons (Fsp3) is 0.500. The maximum atomic E-state index is 16.7. The Morgan fingerprint density at radius 3 is 2.54 bits per heavy atom. The second-order valence-corrected chi connectivity index (χ2v) is 14.6. The first kappa shape index (κ1) is 32.6. The minimum absolute atomic E-state index is 0.0431. The number of aromatic nitrogens is 3. The molecule has 252 valence electrons. The molecule has 4 aromatic rings. The minimum atomic E-state index is -1.08. The molecule has 2 aliphatic carbocycles. The molecule has 3 aliphatic rings. The molecular weight excluding hydrogens is 644 g/mol. The van der Waals surface area contributed by atoms with E-state index >= 15 is 8.78 Å². The zero-order valence-electron chi connectivity index (χ0n) is 26.9. The van der Waals surface area contributed by atoms with Gasteiger partial charge in [-0.2, -0.15) is 15.2 Å². The van der Waals surface area contributed by atoms with Crippen molar-refractivity contribution in [2.75, 3.05) is 52.2 Å². The first-order valence-electron chi connectivity index (χ1n) is 16.2. The van der Waals surface area contributed by atoms with Crippen molar-refractivity contribution in [2.24, 2.45) is 10.4 Å². The number of ether oxygens (including phenoxy) is 1. The van der Waals surface area contributed by atoms with Crippen molar-refractivity contribution in [3.05, 3.63) is 35.3 Å². The molecule has 2 saturated carbocycles. The van der Waals surface area contributed by atoms with Crippen molar-refractivity contribution in [3.63, 3.8) is 0 Å². The van der Waals surface area contributed by atoms with E-state index in [0.29, 0.717) is 51.0 Å². The number of rotatable bonds is 11. The van der Waals surface area contributed by atoms with Gasteiger partial charge in [-0.05, 0) is 65.8 Å². The molecule has 0 radical (unpaired) electrons. The number of anilines is 1. The van der Waals surface area contributed by atoms with Gasteiger partial charge in [0.15, 0.2) is 5.82 Å². The highest BCUT2D eigenvalue weighted by atomic mass is 32.1. The normalized spacial score (nSPS) is 19.0. The third-order valence-electron chi connectivity index (χ3n) is 10.4.